The van der Waals surface area contributed by atoms with Crippen LogP contribution in [0.15, 0.2) is 66.7 Å². The molecule has 0 radical (unpaired) electrons. The summed E-state index contributed by atoms with van der Waals surface area (Å²) in [5.41, 5.74) is 5.70. The number of imidazole rings is 1. The van der Waals surface area contributed by atoms with E-state index in [1.807, 2.05) is 25.7 Å². The molecule has 12 heteroatoms. The van der Waals surface area contributed by atoms with Crippen LogP contribution in [0.1, 0.15) is 77.5 Å². The highest BCUT2D eigenvalue weighted by atomic mass is 16.7. The van der Waals surface area contributed by atoms with Crippen LogP contribution in [0.3, 0.4) is 0 Å². The quantitative estimate of drug-likeness (QED) is 0.133. The average Bonchev–Trinajstić information content (AvgIpc) is 3.31. The van der Waals surface area contributed by atoms with Crippen molar-refractivity contribution in [2.75, 3.05) is 35.9 Å². The molecule has 0 saturated carbocycles. The number of aromatic nitrogens is 2. The largest absolute Gasteiger partial charge is 0.465 e. The highest BCUT2D eigenvalue weighted by Crippen LogP contribution is 2.30. The zero-order valence-electron chi connectivity index (χ0n) is 27.0. The number of hydrogen-bond acceptors (Lipinski definition) is 9. The number of ether oxygens (including phenoxy) is 1. The minimum Gasteiger partial charge on any atom is -0.465 e. The first-order chi connectivity index (χ1) is 22.5. The number of rotatable bonds is 9. The van der Waals surface area contributed by atoms with Crippen LogP contribution in [-0.4, -0.2) is 60.0 Å². The first kappa shape index (κ1) is 33.0. The molecule has 1 aliphatic rings. The van der Waals surface area contributed by atoms with Crippen molar-refractivity contribution in [3.05, 3.63) is 83.4 Å². The van der Waals surface area contributed by atoms with Crippen LogP contribution < -0.4 is 21.0 Å². The predicted molar refractivity (Wildman–Crippen MR) is 179 cm³/mol. The second-order valence-corrected chi connectivity index (χ2v) is 12.7. The van der Waals surface area contributed by atoms with Crippen molar-refractivity contribution in [1.29, 1.82) is 0 Å². The number of H-pyrrole nitrogens is 1. The fraction of sp³-hybridized carbons (Fsp3) is 0.343. The first-order valence-electron chi connectivity index (χ1n) is 15.6. The van der Waals surface area contributed by atoms with E-state index in [-0.39, 0.29) is 28.7 Å². The Kier molecular flexibility index (Phi) is 10.1. The lowest BCUT2D eigenvalue weighted by Crippen LogP contribution is -2.44. The van der Waals surface area contributed by atoms with Gasteiger partial charge in [-0.15, -0.1) is 0 Å². The molecule has 2 heterocycles. The number of methoxy groups -OCH3 is 1. The van der Waals surface area contributed by atoms with Crippen LogP contribution in [0, 0.1) is 5.41 Å². The van der Waals surface area contributed by atoms with Crippen molar-refractivity contribution < 1.29 is 28.8 Å². The van der Waals surface area contributed by atoms with Gasteiger partial charge in [0.15, 0.2) is 0 Å². The van der Waals surface area contributed by atoms with E-state index < -0.39 is 18.0 Å². The van der Waals surface area contributed by atoms with Gasteiger partial charge in [0.25, 0.3) is 5.91 Å². The summed E-state index contributed by atoms with van der Waals surface area (Å²) in [4.78, 5) is 66.5. The van der Waals surface area contributed by atoms with Gasteiger partial charge in [-0.2, -0.15) is 5.48 Å². The third kappa shape index (κ3) is 8.26. The van der Waals surface area contributed by atoms with E-state index in [1.165, 1.54) is 13.2 Å². The first-order valence-corrected chi connectivity index (χ1v) is 15.6. The van der Waals surface area contributed by atoms with E-state index in [0.717, 1.165) is 19.3 Å². The van der Waals surface area contributed by atoms with Gasteiger partial charge >= 0.3 is 11.9 Å². The zero-order chi connectivity index (χ0) is 33.6. The number of carbonyl (C=O) groups is 4. The third-order valence-electron chi connectivity index (χ3n) is 7.81. The van der Waals surface area contributed by atoms with E-state index in [0.29, 0.717) is 53.0 Å². The van der Waals surface area contributed by atoms with Crippen molar-refractivity contribution in [3.8, 4) is 0 Å². The maximum Gasteiger partial charge on any atom is 0.362 e. The van der Waals surface area contributed by atoms with Crippen LogP contribution in [-0.2, 0) is 14.4 Å². The molecule has 0 bridgehead atoms. The van der Waals surface area contributed by atoms with Gasteiger partial charge in [-0.3, -0.25) is 9.59 Å². The van der Waals surface area contributed by atoms with E-state index in [9.17, 15) is 19.2 Å². The number of esters is 1. The van der Waals surface area contributed by atoms with Crippen LogP contribution in [0.25, 0.3) is 11.0 Å². The van der Waals surface area contributed by atoms with Crippen molar-refractivity contribution in [1.82, 2.24) is 15.3 Å². The number of nitrogens with one attached hydrogen (secondary N) is 4. The molecule has 246 valence electrons. The number of carbonyl (C=O) groups excluding carboxylic acids is 4. The lowest BCUT2D eigenvalue weighted by Gasteiger charge is -2.32. The molecule has 12 nitrogen and oxygen atoms in total. The van der Waals surface area contributed by atoms with Gasteiger partial charge in [-0.05, 0) is 66.8 Å². The molecule has 5 rings (SSSR count). The second-order valence-electron chi connectivity index (χ2n) is 12.7. The van der Waals surface area contributed by atoms with Gasteiger partial charge in [0.1, 0.15) is 6.04 Å². The average molecular weight is 641 g/mol. The number of benzene rings is 3. The molecular weight excluding hydrogens is 600 g/mol. The molecule has 0 aliphatic carbocycles. The zero-order valence-corrected chi connectivity index (χ0v) is 27.0. The Bertz CT molecular complexity index is 1760. The normalized spacial score (nSPS) is 15.0. The summed E-state index contributed by atoms with van der Waals surface area (Å²) in [5.74, 6) is -1.43. The van der Waals surface area contributed by atoms with Crippen molar-refractivity contribution >= 4 is 52.1 Å². The van der Waals surface area contributed by atoms with Gasteiger partial charge in [-0.25, -0.2) is 14.6 Å². The smallest absolute Gasteiger partial charge is 0.362 e. The van der Waals surface area contributed by atoms with Gasteiger partial charge in [0, 0.05) is 24.3 Å². The summed E-state index contributed by atoms with van der Waals surface area (Å²) in [6.45, 7) is 7.09. The maximum atomic E-state index is 13.8. The highest BCUT2D eigenvalue weighted by Gasteiger charge is 2.31. The molecular formula is C35H40N6O6. The Morgan fingerprint density at radius 1 is 0.936 bits per heavy atom. The van der Waals surface area contributed by atoms with Gasteiger partial charge in [-0.1, -0.05) is 51.8 Å². The molecule has 4 aromatic rings. The second kappa shape index (κ2) is 14.4. The molecule has 0 spiro atoms. The van der Waals surface area contributed by atoms with Gasteiger partial charge in [0.05, 0.1) is 35.0 Å². The lowest BCUT2D eigenvalue weighted by atomic mass is 9.96. The number of aromatic amines is 1. The minimum atomic E-state index is -0.586. The minimum absolute atomic E-state index is 0.105. The SMILES string of the molecule is COC(=O)c1cc(C(=O)NCC(C)(C)C)ccc1N1CCCCCC1C(=O)Nc1ccc2nc(NOC(=O)c3ccccc3)[nH]c2c1. The topological polar surface area (TPSA) is 155 Å². The Labute approximate surface area is 273 Å². The Morgan fingerprint density at radius 2 is 1.72 bits per heavy atom. The molecule has 47 heavy (non-hydrogen) atoms. The molecule has 1 fully saturated rings. The third-order valence-corrected chi connectivity index (χ3v) is 7.81. The molecule has 1 saturated heterocycles. The maximum absolute atomic E-state index is 13.8. The summed E-state index contributed by atoms with van der Waals surface area (Å²) < 4.78 is 5.10. The fourth-order valence-electron chi connectivity index (χ4n) is 5.41. The number of anilines is 3. The fourth-order valence-corrected chi connectivity index (χ4v) is 5.41. The van der Waals surface area contributed by atoms with Crippen LogP contribution in [0.2, 0.25) is 0 Å². The summed E-state index contributed by atoms with van der Waals surface area (Å²) in [6.07, 6.45) is 3.19. The standard InChI is InChI=1S/C35H40N6O6/c1-35(2,3)21-36-30(42)23-14-17-28(25(19-23)33(45)46-4)41-18-10-6-9-13-29(41)31(43)37-24-15-16-26-27(20-24)39-34(38-26)40-47-32(44)22-11-7-5-8-12-22/h5,7-8,11-12,14-17,19-20,29H,6,9-10,13,18,21H2,1-4H3,(H,36,42)(H,37,43)(H2,38,39,40). The molecule has 2 amide bonds. The van der Waals surface area contributed by atoms with Crippen molar-refractivity contribution in [3.63, 3.8) is 0 Å². The van der Waals surface area contributed by atoms with Crippen LogP contribution >= 0.6 is 0 Å². The van der Waals surface area contributed by atoms with Gasteiger partial charge in [0.2, 0.25) is 11.9 Å². The summed E-state index contributed by atoms with van der Waals surface area (Å²) in [5, 5.41) is 5.94. The van der Waals surface area contributed by atoms with E-state index in [2.05, 4.69) is 26.1 Å². The van der Waals surface area contributed by atoms with Crippen LogP contribution in [0.4, 0.5) is 17.3 Å². The lowest BCUT2D eigenvalue weighted by molar-refractivity contribution is -0.117. The summed E-state index contributed by atoms with van der Waals surface area (Å²) >= 11 is 0. The Hall–Kier alpha value is -5.39. The molecule has 3 aromatic carbocycles. The van der Waals surface area contributed by atoms with Crippen LogP contribution in [0.5, 0.6) is 0 Å². The molecule has 1 unspecified atom stereocenters. The highest BCUT2D eigenvalue weighted by molar-refractivity contribution is 6.03. The van der Waals surface area contributed by atoms with E-state index in [4.69, 9.17) is 9.57 Å². The molecule has 4 N–H and O–H groups in total. The summed E-state index contributed by atoms with van der Waals surface area (Å²) in [7, 11) is 1.30. The van der Waals surface area contributed by atoms with Crippen molar-refractivity contribution in [2.24, 2.45) is 5.41 Å². The number of hydrogen-bond donors (Lipinski definition) is 4. The molecule has 1 aromatic heterocycles. The monoisotopic (exact) mass is 640 g/mol. The predicted octanol–water partition coefficient (Wildman–Crippen LogP) is 5.70. The van der Waals surface area contributed by atoms with E-state index >= 15 is 0 Å². The number of fused-ring (bicyclic) bond motifs is 1. The number of amides is 2. The number of nitrogens with zero attached hydrogens (tertiary/aromatic N) is 2. The Balaban J connectivity index is 1.33. The summed E-state index contributed by atoms with van der Waals surface area (Å²) in [6, 6.07) is 18.2. The Morgan fingerprint density at radius 3 is 2.47 bits per heavy atom. The van der Waals surface area contributed by atoms with E-state index in [1.54, 1.807) is 60.7 Å². The van der Waals surface area contributed by atoms with Crippen molar-refractivity contribution in [2.45, 2.75) is 52.5 Å². The molecule has 1 aliphatic heterocycles. The molecule has 1 atom stereocenters. The van der Waals surface area contributed by atoms with Gasteiger partial charge < -0.3 is 30.1 Å².